The van der Waals surface area contributed by atoms with Crippen LogP contribution in [0.25, 0.3) is 0 Å². The van der Waals surface area contributed by atoms with Gasteiger partial charge in [-0.15, -0.1) is 0 Å². The molecule has 0 amide bonds. The number of hydrogen-bond donors (Lipinski definition) is 1. The fraction of sp³-hybridized carbons (Fsp3) is 0.750. The maximum atomic E-state index is 10.8. The van der Waals surface area contributed by atoms with Gasteiger partial charge in [-0.05, 0) is 20.8 Å². The lowest BCUT2D eigenvalue weighted by molar-refractivity contribution is -0.926. The Bertz CT molecular complexity index is 216. The Morgan fingerprint density at radius 2 is 1.88 bits per heavy atom. The number of aliphatic hydroxyl groups is 1. The molecule has 0 heterocycles. The molecular weight excluding hydrogens is 206 g/mol. The van der Waals surface area contributed by atoms with E-state index >= 15 is 0 Å². The molecule has 1 atom stereocenters. The second-order valence-corrected chi connectivity index (χ2v) is 3.96. The SMILES string of the molecule is C=CC(=O)OCC(O)C[N+](CC)(CC)CC. The van der Waals surface area contributed by atoms with Crippen molar-refractivity contribution in [1.82, 2.24) is 0 Å². The third kappa shape index (κ3) is 4.77. The fourth-order valence-electron chi connectivity index (χ4n) is 1.80. The number of ether oxygens (including phenoxy) is 1. The number of carbonyl (C=O) groups excluding carboxylic acids is 1. The van der Waals surface area contributed by atoms with Crippen molar-refractivity contribution < 1.29 is 19.1 Å². The van der Waals surface area contributed by atoms with Crippen LogP contribution in [0.3, 0.4) is 0 Å². The molecule has 1 N–H and O–H groups in total. The first-order chi connectivity index (χ1) is 7.53. The molecule has 0 aromatic rings. The zero-order chi connectivity index (χ0) is 12.6. The van der Waals surface area contributed by atoms with Crippen LogP contribution < -0.4 is 0 Å². The van der Waals surface area contributed by atoms with Gasteiger partial charge in [-0.1, -0.05) is 6.58 Å². The van der Waals surface area contributed by atoms with Gasteiger partial charge in [-0.25, -0.2) is 4.79 Å². The highest BCUT2D eigenvalue weighted by molar-refractivity contribution is 5.81. The second-order valence-electron chi connectivity index (χ2n) is 3.96. The van der Waals surface area contributed by atoms with Crippen molar-refractivity contribution in [2.24, 2.45) is 0 Å². The molecule has 0 fully saturated rings. The van der Waals surface area contributed by atoms with E-state index in [0.29, 0.717) is 6.54 Å². The maximum absolute atomic E-state index is 10.8. The van der Waals surface area contributed by atoms with Gasteiger partial charge >= 0.3 is 5.97 Å². The van der Waals surface area contributed by atoms with Crippen LogP contribution in [0.15, 0.2) is 12.7 Å². The summed E-state index contributed by atoms with van der Waals surface area (Å²) < 4.78 is 5.66. The number of rotatable bonds is 8. The van der Waals surface area contributed by atoms with Crippen LogP contribution in [0.2, 0.25) is 0 Å². The van der Waals surface area contributed by atoms with Gasteiger partial charge in [0.25, 0.3) is 0 Å². The van der Waals surface area contributed by atoms with Gasteiger partial charge in [0, 0.05) is 6.08 Å². The van der Waals surface area contributed by atoms with Gasteiger partial charge in [0.2, 0.25) is 0 Å². The Balaban J connectivity index is 4.14. The molecule has 0 spiro atoms. The Hall–Kier alpha value is -0.870. The Morgan fingerprint density at radius 3 is 2.25 bits per heavy atom. The van der Waals surface area contributed by atoms with Crippen LogP contribution in [0, 0.1) is 0 Å². The summed E-state index contributed by atoms with van der Waals surface area (Å²) in [5, 5.41) is 9.80. The minimum Gasteiger partial charge on any atom is -0.460 e. The average Bonchev–Trinajstić information content (AvgIpc) is 2.33. The maximum Gasteiger partial charge on any atom is 0.330 e. The van der Waals surface area contributed by atoms with E-state index in [0.717, 1.165) is 30.2 Å². The van der Waals surface area contributed by atoms with Crippen LogP contribution in [-0.2, 0) is 9.53 Å². The Kier molecular flexibility index (Phi) is 7.01. The summed E-state index contributed by atoms with van der Waals surface area (Å²) in [6.45, 7) is 13.2. The Morgan fingerprint density at radius 1 is 1.38 bits per heavy atom. The zero-order valence-corrected chi connectivity index (χ0v) is 10.6. The molecule has 0 radical (unpaired) electrons. The molecule has 0 aliphatic heterocycles. The molecule has 0 aromatic carbocycles. The van der Waals surface area contributed by atoms with Crippen LogP contribution in [-0.4, -0.2) is 54.4 Å². The van der Waals surface area contributed by atoms with Crippen LogP contribution >= 0.6 is 0 Å². The van der Waals surface area contributed by atoms with Crippen molar-refractivity contribution >= 4 is 5.97 Å². The molecule has 0 aromatic heterocycles. The van der Waals surface area contributed by atoms with E-state index in [1.165, 1.54) is 0 Å². The van der Waals surface area contributed by atoms with E-state index in [-0.39, 0.29) is 6.61 Å². The molecule has 94 valence electrons. The summed E-state index contributed by atoms with van der Waals surface area (Å²) in [6, 6.07) is 0. The molecule has 0 saturated heterocycles. The molecule has 0 bridgehead atoms. The van der Waals surface area contributed by atoms with E-state index < -0.39 is 12.1 Å². The summed E-state index contributed by atoms with van der Waals surface area (Å²) in [5.74, 6) is -0.485. The van der Waals surface area contributed by atoms with Gasteiger partial charge in [0.05, 0.1) is 19.6 Å². The summed E-state index contributed by atoms with van der Waals surface area (Å²) >= 11 is 0. The minimum absolute atomic E-state index is 0.0465. The quantitative estimate of drug-likeness (QED) is 0.384. The molecule has 0 aliphatic rings. The molecular formula is C12H24NO3+. The van der Waals surface area contributed by atoms with Crippen molar-refractivity contribution in [1.29, 1.82) is 0 Å². The first-order valence-electron chi connectivity index (χ1n) is 5.85. The first kappa shape index (κ1) is 15.1. The van der Waals surface area contributed by atoms with Gasteiger partial charge in [0.1, 0.15) is 19.3 Å². The van der Waals surface area contributed by atoms with Gasteiger partial charge in [-0.3, -0.25) is 0 Å². The van der Waals surface area contributed by atoms with Crippen molar-refractivity contribution in [3.8, 4) is 0 Å². The monoisotopic (exact) mass is 230 g/mol. The van der Waals surface area contributed by atoms with Gasteiger partial charge in [-0.2, -0.15) is 0 Å². The van der Waals surface area contributed by atoms with Crippen LogP contribution in [0.5, 0.6) is 0 Å². The lowest BCUT2D eigenvalue weighted by Crippen LogP contribution is -2.52. The molecule has 0 rings (SSSR count). The fourth-order valence-corrected chi connectivity index (χ4v) is 1.80. The van der Waals surface area contributed by atoms with Crippen LogP contribution in [0.4, 0.5) is 0 Å². The highest BCUT2D eigenvalue weighted by Gasteiger charge is 2.25. The second kappa shape index (κ2) is 7.41. The van der Waals surface area contributed by atoms with E-state index in [9.17, 15) is 9.90 Å². The topological polar surface area (TPSA) is 46.5 Å². The number of likely N-dealkylation sites (N-methyl/N-ethyl adjacent to an activating group) is 1. The van der Waals surface area contributed by atoms with Crippen LogP contribution in [0.1, 0.15) is 20.8 Å². The van der Waals surface area contributed by atoms with Crippen molar-refractivity contribution in [2.75, 3.05) is 32.8 Å². The lowest BCUT2D eigenvalue weighted by Gasteiger charge is -2.37. The molecule has 0 aliphatic carbocycles. The third-order valence-electron chi connectivity index (χ3n) is 3.20. The number of hydrogen-bond acceptors (Lipinski definition) is 3. The predicted octanol–water partition coefficient (Wildman–Crippen LogP) is 0.953. The molecule has 4 heteroatoms. The number of aliphatic hydroxyl groups excluding tert-OH is 1. The summed E-state index contributed by atoms with van der Waals surface area (Å²) in [7, 11) is 0. The molecule has 4 nitrogen and oxygen atoms in total. The first-order valence-corrected chi connectivity index (χ1v) is 5.85. The number of quaternary nitrogens is 1. The number of carbonyl (C=O) groups is 1. The Labute approximate surface area is 98.1 Å². The summed E-state index contributed by atoms with van der Waals surface area (Å²) in [5.41, 5.74) is 0. The zero-order valence-electron chi connectivity index (χ0n) is 10.6. The number of esters is 1. The summed E-state index contributed by atoms with van der Waals surface area (Å²) in [6.07, 6.45) is 0.498. The third-order valence-corrected chi connectivity index (χ3v) is 3.20. The van der Waals surface area contributed by atoms with Crippen molar-refractivity contribution in [3.05, 3.63) is 12.7 Å². The number of nitrogens with zero attached hydrogens (tertiary/aromatic N) is 1. The van der Waals surface area contributed by atoms with Crippen molar-refractivity contribution in [3.63, 3.8) is 0 Å². The normalized spacial score (nSPS) is 13.2. The molecule has 0 saturated carbocycles. The molecule has 1 unspecified atom stereocenters. The summed E-state index contributed by atoms with van der Waals surface area (Å²) in [4.78, 5) is 10.8. The highest BCUT2D eigenvalue weighted by Crippen LogP contribution is 2.07. The van der Waals surface area contributed by atoms with Crippen molar-refractivity contribution in [2.45, 2.75) is 26.9 Å². The largest absolute Gasteiger partial charge is 0.460 e. The van der Waals surface area contributed by atoms with Gasteiger partial charge < -0.3 is 14.3 Å². The van der Waals surface area contributed by atoms with E-state index in [1.807, 2.05) is 0 Å². The standard InChI is InChI=1S/C12H24NO3/c1-5-12(15)16-10-11(14)9-13(6-2,7-3)8-4/h5,11,14H,1,6-10H2,2-4H3/q+1. The van der Waals surface area contributed by atoms with E-state index in [4.69, 9.17) is 4.74 Å². The van der Waals surface area contributed by atoms with E-state index in [2.05, 4.69) is 27.4 Å². The minimum atomic E-state index is -0.608. The highest BCUT2D eigenvalue weighted by atomic mass is 16.5. The molecule has 16 heavy (non-hydrogen) atoms. The smallest absolute Gasteiger partial charge is 0.330 e. The van der Waals surface area contributed by atoms with E-state index in [1.54, 1.807) is 0 Å². The average molecular weight is 230 g/mol. The lowest BCUT2D eigenvalue weighted by atomic mass is 10.2. The predicted molar refractivity (Wildman–Crippen MR) is 63.9 cm³/mol. The van der Waals surface area contributed by atoms with Gasteiger partial charge in [0.15, 0.2) is 0 Å².